The maximum Gasteiger partial charge on any atom is 0.237 e. The van der Waals surface area contributed by atoms with Crippen LogP contribution in [0.2, 0.25) is 0 Å². The second-order valence-electron chi connectivity index (χ2n) is 6.52. The minimum atomic E-state index is 0. The predicted octanol–water partition coefficient (Wildman–Crippen LogP) is 1.95. The van der Waals surface area contributed by atoms with E-state index in [1.54, 1.807) is 11.3 Å². The zero-order valence-electron chi connectivity index (χ0n) is 13.7. The van der Waals surface area contributed by atoms with Gasteiger partial charge >= 0.3 is 0 Å². The highest BCUT2D eigenvalue weighted by molar-refractivity contribution is 7.09. The van der Waals surface area contributed by atoms with E-state index in [-0.39, 0.29) is 24.4 Å². The summed E-state index contributed by atoms with van der Waals surface area (Å²) in [5, 5.41) is 9.72. The van der Waals surface area contributed by atoms with Crippen molar-refractivity contribution in [3.63, 3.8) is 0 Å². The van der Waals surface area contributed by atoms with Crippen LogP contribution in [0, 0.1) is 12.8 Å². The van der Waals surface area contributed by atoms with E-state index in [9.17, 15) is 4.79 Å². The van der Waals surface area contributed by atoms with Gasteiger partial charge in [0.1, 0.15) is 5.01 Å². The highest BCUT2D eigenvalue weighted by atomic mass is 35.5. The number of rotatable bonds is 5. The molecule has 7 heteroatoms. The van der Waals surface area contributed by atoms with Crippen molar-refractivity contribution in [1.82, 2.24) is 20.5 Å². The Balaban J connectivity index is 0.00000192. The zero-order valence-corrected chi connectivity index (χ0v) is 15.3. The minimum absolute atomic E-state index is 0. The summed E-state index contributed by atoms with van der Waals surface area (Å²) in [6, 6.07) is 0.0398. The van der Waals surface area contributed by atoms with Crippen molar-refractivity contribution in [3.8, 4) is 0 Å². The normalized spacial score (nSPS) is 25.1. The molecule has 2 aliphatic rings. The number of thiazole rings is 1. The molecule has 130 valence electrons. The Labute approximate surface area is 148 Å². The van der Waals surface area contributed by atoms with E-state index in [0.717, 1.165) is 51.3 Å². The van der Waals surface area contributed by atoms with E-state index in [1.807, 2.05) is 6.92 Å². The lowest BCUT2D eigenvalue weighted by Crippen LogP contribution is -2.45. The van der Waals surface area contributed by atoms with Crippen molar-refractivity contribution in [1.29, 1.82) is 0 Å². The third-order valence-electron chi connectivity index (χ3n) is 4.57. The van der Waals surface area contributed by atoms with Gasteiger partial charge in [0.15, 0.2) is 0 Å². The lowest BCUT2D eigenvalue weighted by Gasteiger charge is -2.32. The molecule has 2 saturated heterocycles. The lowest BCUT2D eigenvalue weighted by atomic mass is 9.98. The number of aryl methyl sites for hydroxylation is 1. The van der Waals surface area contributed by atoms with Gasteiger partial charge < -0.3 is 10.6 Å². The van der Waals surface area contributed by atoms with Crippen molar-refractivity contribution in [3.05, 3.63) is 16.1 Å². The number of carbonyl (C=O) groups excluding carboxylic acids is 1. The summed E-state index contributed by atoms with van der Waals surface area (Å²) >= 11 is 1.75. The molecule has 0 radical (unpaired) electrons. The summed E-state index contributed by atoms with van der Waals surface area (Å²) in [6.45, 7) is 7.00. The van der Waals surface area contributed by atoms with Gasteiger partial charge in [0.25, 0.3) is 0 Å². The average molecular weight is 359 g/mol. The molecular formula is C16H27ClN4OS. The molecule has 0 bridgehead atoms. The number of hydrogen-bond acceptors (Lipinski definition) is 5. The van der Waals surface area contributed by atoms with E-state index >= 15 is 0 Å². The van der Waals surface area contributed by atoms with Crippen molar-refractivity contribution < 1.29 is 4.79 Å². The fraction of sp³-hybridized carbons (Fsp3) is 0.750. The fourth-order valence-corrected chi connectivity index (χ4v) is 4.22. The van der Waals surface area contributed by atoms with Crippen LogP contribution in [-0.2, 0) is 11.3 Å². The molecule has 23 heavy (non-hydrogen) atoms. The smallest absolute Gasteiger partial charge is 0.237 e. The van der Waals surface area contributed by atoms with E-state index in [4.69, 9.17) is 0 Å². The third-order valence-corrected chi connectivity index (χ3v) is 5.52. The molecule has 0 saturated carbocycles. The first-order valence-corrected chi connectivity index (χ1v) is 9.23. The number of halogens is 1. The average Bonchev–Trinajstić information content (AvgIpc) is 3.17. The Bertz CT molecular complexity index is 504. The Morgan fingerprint density at radius 2 is 2.35 bits per heavy atom. The van der Waals surface area contributed by atoms with E-state index in [2.05, 4.69) is 25.9 Å². The summed E-state index contributed by atoms with van der Waals surface area (Å²) in [4.78, 5) is 19.1. The van der Waals surface area contributed by atoms with E-state index < -0.39 is 0 Å². The fourth-order valence-electron chi connectivity index (χ4n) is 3.40. The van der Waals surface area contributed by atoms with Gasteiger partial charge in [0.05, 0.1) is 12.6 Å². The molecule has 1 aromatic heterocycles. The summed E-state index contributed by atoms with van der Waals surface area (Å²) in [5.74, 6) is 0.755. The maximum absolute atomic E-state index is 12.1. The van der Waals surface area contributed by atoms with Gasteiger partial charge in [-0.3, -0.25) is 9.69 Å². The standard InChI is InChI=1S/C16H26N4OS.ClH/c1-12-11-22-15(19-12)10-20-7-3-4-13(9-20)8-18-16(21)14-5-2-6-17-14;/h11,13-14,17H,2-10H2,1H3,(H,18,21);1H. The summed E-state index contributed by atoms with van der Waals surface area (Å²) in [5.41, 5.74) is 1.12. The second-order valence-corrected chi connectivity index (χ2v) is 7.46. The summed E-state index contributed by atoms with van der Waals surface area (Å²) in [6.07, 6.45) is 4.52. The summed E-state index contributed by atoms with van der Waals surface area (Å²) < 4.78 is 0. The summed E-state index contributed by atoms with van der Waals surface area (Å²) in [7, 11) is 0. The van der Waals surface area contributed by atoms with Crippen LogP contribution in [0.1, 0.15) is 36.4 Å². The molecule has 1 aromatic rings. The van der Waals surface area contributed by atoms with Crippen molar-refractivity contribution >= 4 is 29.7 Å². The number of amides is 1. The van der Waals surface area contributed by atoms with Gasteiger partial charge in [-0.15, -0.1) is 23.7 Å². The number of hydrogen-bond donors (Lipinski definition) is 2. The molecule has 2 atom stereocenters. The molecule has 0 aliphatic carbocycles. The van der Waals surface area contributed by atoms with Crippen LogP contribution in [0.15, 0.2) is 5.38 Å². The lowest BCUT2D eigenvalue weighted by molar-refractivity contribution is -0.123. The largest absolute Gasteiger partial charge is 0.354 e. The van der Waals surface area contributed by atoms with Crippen molar-refractivity contribution in [2.24, 2.45) is 5.92 Å². The van der Waals surface area contributed by atoms with Gasteiger partial charge in [-0.1, -0.05) is 0 Å². The van der Waals surface area contributed by atoms with Crippen LogP contribution < -0.4 is 10.6 Å². The highest BCUT2D eigenvalue weighted by Crippen LogP contribution is 2.19. The van der Waals surface area contributed by atoms with Gasteiger partial charge in [0, 0.05) is 24.2 Å². The molecule has 5 nitrogen and oxygen atoms in total. The van der Waals surface area contributed by atoms with Crippen LogP contribution in [0.5, 0.6) is 0 Å². The first-order valence-electron chi connectivity index (χ1n) is 8.35. The predicted molar refractivity (Wildman–Crippen MR) is 96.1 cm³/mol. The molecule has 3 rings (SSSR count). The maximum atomic E-state index is 12.1. The topological polar surface area (TPSA) is 57.3 Å². The molecular weight excluding hydrogens is 332 g/mol. The van der Waals surface area contributed by atoms with Crippen LogP contribution in [0.25, 0.3) is 0 Å². The van der Waals surface area contributed by atoms with Crippen molar-refractivity contribution in [2.75, 3.05) is 26.2 Å². The SMILES string of the molecule is Cc1csc(CN2CCCC(CNC(=O)C3CCCN3)C2)n1.Cl. The zero-order chi connectivity index (χ0) is 15.4. The highest BCUT2D eigenvalue weighted by Gasteiger charge is 2.24. The molecule has 2 fully saturated rings. The van der Waals surface area contributed by atoms with Gasteiger partial charge in [-0.25, -0.2) is 4.98 Å². The molecule has 2 aliphatic heterocycles. The monoisotopic (exact) mass is 358 g/mol. The van der Waals surface area contributed by atoms with Gasteiger partial charge in [-0.2, -0.15) is 0 Å². The molecule has 2 N–H and O–H groups in total. The molecule has 1 amide bonds. The first kappa shape index (κ1) is 18.6. The number of aromatic nitrogens is 1. The third kappa shape index (κ3) is 5.41. The van der Waals surface area contributed by atoms with Crippen LogP contribution in [-0.4, -0.2) is 48.0 Å². The van der Waals surface area contributed by atoms with E-state index in [1.165, 1.54) is 17.8 Å². The Morgan fingerprint density at radius 1 is 1.48 bits per heavy atom. The number of nitrogens with zero attached hydrogens (tertiary/aromatic N) is 2. The van der Waals surface area contributed by atoms with Crippen LogP contribution in [0.4, 0.5) is 0 Å². The van der Waals surface area contributed by atoms with Crippen LogP contribution in [0.3, 0.4) is 0 Å². The van der Waals surface area contributed by atoms with Gasteiger partial charge in [0.2, 0.25) is 5.91 Å². The number of carbonyl (C=O) groups is 1. The molecule has 2 unspecified atom stereocenters. The minimum Gasteiger partial charge on any atom is -0.354 e. The van der Waals surface area contributed by atoms with E-state index in [0.29, 0.717) is 5.92 Å². The molecule has 0 spiro atoms. The molecule has 0 aromatic carbocycles. The number of piperidine rings is 1. The second kappa shape index (κ2) is 8.97. The number of likely N-dealkylation sites (tertiary alicyclic amines) is 1. The first-order chi connectivity index (χ1) is 10.7. The number of nitrogens with one attached hydrogen (secondary N) is 2. The quantitative estimate of drug-likeness (QED) is 0.844. The molecule has 3 heterocycles. The van der Waals surface area contributed by atoms with Crippen molar-refractivity contribution in [2.45, 2.75) is 45.2 Å². The Hall–Kier alpha value is -0.690. The Morgan fingerprint density at radius 3 is 3.04 bits per heavy atom. The van der Waals surface area contributed by atoms with Gasteiger partial charge in [-0.05, 0) is 51.6 Å². The van der Waals surface area contributed by atoms with Crippen LogP contribution >= 0.6 is 23.7 Å². The Kier molecular flexibility index (Phi) is 7.27.